The zero-order chi connectivity index (χ0) is 20.5. The SMILES string of the molecule is CCCCC[C@H]1CC[C@H]([C@H]2CC[C@H](CC(=O)c3ccc(CCC)cc3)CC2)CC1. The molecule has 0 unspecified atom stereocenters. The number of carbonyl (C=O) groups is 1. The molecule has 0 atom stereocenters. The molecule has 0 radical (unpaired) electrons. The Morgan fingerprint density at radius 3 is 1.90 bits per heavy atom. The fraction of sp³-hybridized carbons (Fsp3) is 0.750. The molecule has 2 saturated carbocycles. The summed E-state index contributed by atoms with van der Waals surface area (Å²) >= 11 is 0. The van der Waals surface area contributed by atoms with Crippen molar-refractivity contribution in [1.82, 2.24) is 0 Å². The van der Waals surface area contributed by atoms with Gasteiger partial charge in [-0.15, -0.1) is 0 Å². The van der Waals surface area contributed by atoms with Gasteiger partial charge in [0.1, 0.15) is 0 Å². The zero-order valence-corrected chi connectivity index (χ0v) is 19.1. The second-order valence-electron chi connectivity index (χ2n) is 10.1. The number of ketones is 1. The summed E-state index contributed by atoms with van der Waals surface area (Å²) in [7, 11) is 0. The molecule has 0 saturated heterocycles. The first-order valence-corrected chi connectivity index (χ1v) is 12.8. The summed E-state index contributed by atoms with van der Waals surface area (Å²) < 4.78 is 0. The van der Waals surface area contributed by atoms with Gasteiger partial charge in [0, 0.05) is 12.0 Å². The lowest BCUT2D eigenvalue weighted by Crippen LogP contribution is -2.26. The first kappa shape index (κ1) is 22.6. The molecule has 2 aliphatic carbocycles. The molecule has 0 heterocycles. The van der Waals surface area contributed by atoms with Crippen LogP contribution in [-0.2, 0) is 6.42 Å². The van der Waals surface area contributed by atoms with Crippen molar-refractivity contribution in [3.05, 3.63) is 35.4 Å². The number of hydrogen-bond acceptors (Lipinski definition) is 1. The molecule has 1 aromatic carbocycles. The van der Waals surface area contributed by atoms with Crippen LogP contribution in [0.4, 0.5) is 0 Å². The Kier molecular flexibility index (Phi) is 9.28. The van der Waals surface area contributed by atoms with Crippen molar-refractivity contribution in [2.24, 2.45) is 23.7 Å². The van der Waals surface area contributed by atoms with Gasteiger partial charge in [-0.05, 0) is 74.2 Å². The molecule has 0 spiro atoms. The van der Waals surface area contributed by atoms with Gasteiger partial charge in [-0.3, -0.25) is 4.79 Å². The van der Waals surface area contributed by atoms with Crippen molar-refractivity contribution in [3.63, 3.8) is 0 Å². The first-order chi connectivity index (χ1) is 14.2. The van der Waals surface area contributed by atoms with Gasteiger partial charge < -0.3 is 0 Å². The second-order valence-corrected chi connectivity index (χ2v) is 10.1. The lowest BCUT2D eigenvalue weighted by molar-refractivity contribution is 0.0919. The Morgan fingerprint density at radius 1 is 0.759 bits per heavy atom. The van der Waals surface area contributed by atoms with E-state index in [9.17, 15) is 4.79 Å². The molecule has 1 aromatic rings. The number of rotatable bonds is 10. The van der Waals surface area contributed by atoms with Gasteiger partial charge in [0.25, 0.3) is 0 Å². The summed E-state index contributed by atoms with van der Waals surface area (Å²) in [5.74, 6) is 3.95. The Morgan fingerprint density at radius 2 is 1.34 bits per heavy atom. The van der Waals surface area contributed by atoms with E-state index < -0.39 is 0 Å². The van der Waals surface area contributed by atoms with Gasteiger partial charge >= 0.3 is 0 Å². The van der Waals surface area contributed by atoms with Crippen molar-refractivity contribution < 1.29 is 4.79 Å². The molecule has 0 aromatic heterocycles. The largest absolute Gasteiger partial charge is 0.294 e. The van der Waals surface area contributed by atoms with E-state index in [2.05, 4.69) is 38.1 Å². The minimum absolute atomic E-state index is 0.365. The molecule has 2 fully saturated rings. The highest BCUT2D eigenvalue weighted by Crippen LogP contribution is 2.43. The van der Waals surface area contributed by atoms with Gasteiger partial charge in [0.2, 0.25) is 0 Å². The van der Waals surface area contributed by atoms with Crippen LogP contribution in [-0.4, -0.2) is 5.78 Å². The molecule has 3 rings (SSSR count). The quantitative estimate of drug-likeness (QED) is 0.286. The maximum Gasteiger partial charge on any atom is 0.163 e. The van der Waals surface area contributed by atoms with Crippen molar-refractivity contribution in [2.45, 2.75) is 110 Å². The van der Waals surface area contributed by atoms with E-state index in [-0.39, 0.29) is 0 Å². The summed E-state index contributed by atoms with van der Waals surface area (Å²) in [6, 6.07) is 8.40. The molecular formula is C28H44O. The van der Waals surface area contributed by atoms with Gasteiger partial charge in [0.15, 0.2) is 5.78 Å². The first-order valence-electron chi connectivity index (χ1n) is 12.8. The molecule has 0 N–H and O–H groups in total. The Labute approximate surface area is 180 Å². The van der Waals surface area contributed by atoms with E-state index in [4.69, 9.17) is 0 Å². The molecule has 1 heteroatoms. The number of aryl methyl sites for hydroxylation is 1. The molecule has 0 amide bonds. The number of carbonyl (C=O) groups excluding carboxylic acids is 1. The normalized spacial score (nSPS) is 27.7. The fourth-order valence-electron chi connectivity index (χ4n) is 6.02. The summed E-state index contributed by atoms with van der Waals surface area (Å²) in [5.41, 5.74) is 2.28. The smallest absolute Gasteiger partial charge is 0.163 e. The number of hydrogen-bond donors (Lipinski definition) is 0. The third-order valence-corrected chi connectivity index (χ3v) is 7.95. The lowest BCUT2D eigenvalue weighted by Gasteiger charge is -2.38. The van der Waals surface area contributed by atoms with Crippen molar-refractivity contribution in [1.29, 1.82) is 0 Å². The molecule has 29 heavy (non-hydrogen) atoms. The van der Waals surface area contributed by atoms with Crippen LogP contribution < -0.4 is 0 Å². The molecule has 1 nitrogen and oxygen atoms in total. The third kappa shape index (κ3) is 6.97. The van der Waals surface area contributed by atoms with E-state index in [0.717, 1.165) is 42.6 Å². The highest BCUT2D eigenvalue weighted by atomic mass is 16.1. The molecule has 2 aliphatic rings. The van der Waals surface area contributed by atoms with Crippen LogP contribution in [0.3, 0.4) is 0 Å². The van der Waals surface area contributed by atoms with E-state index in [1.807, 2.05) is 0 Å². The Balaban J connectivity index is 1.36. The maximum absolute atomic E-state index is 12.7. The lowest BCUT2D eigenvalue weighted by atomic mass is 9.68. The summed E-state index contributed by atoms with van der Waals surface area (Å²) in [5, 5.41) is 0. The maximum atomic E-state index is 12.7. The highest BCUT2D eigenvalue weighted by Gasteiger charge is 2.31. The predicted octanol–water partition coefficient (Wildman–Crippen LogP) is 8.41. The fourth-order valence-corrected chi connectivity index (χ4v) is 6.02. The third-order valence-electron chi connectivity index (χ3n) is 7.95. The minimum atomic E-state index is 0.365. The number of benzene rings is 1. The summed E-state index contributed by atoms with van der Waals surface area (Å²) in [6.45, 7) is 4.51. The van der Waals surface area contributed by atoms with Crippen LogP contribution in [0.25, 0.3) is 0 Å². The molecular weight excluding hydrogens is 352 g/mol. The average molecular weight is 397 g/mol. The molecule has 0 bridgehead atoms. The molecule has 0 aliphatic heterocycles. The van der Waals surface area contributed by atoms with E-state index in [1.54, 1.807) is 0 Å². The van der Waals surface area contributed by atoms with Gasteiger partial charge in [-0.2, -0.15) is 0 Å². The van der Waals surface area contributed by atoms with E-state index >= 15 is 0 Å². The van der Waals surface area contributed by atoms with E-state index in [0.29, 0.717) is 11.7 Å². The highest BCUT2D eigenvalue weighted by molar-refractivity contribution is 5.96. The van der Waals surface area contributed by atoms with E-state index in [1.165, 1.54) is 82.6 Å². The van der Waals surface area contributed by atoms with Crippen molar-refractivity contribution >= 4 is 5.78 Å². The van der Waals surface area contributed by atoms with Crippen LogP contribution in [0.1, 0.15) is 120 Å². The van der Waals surface area contributed by atoms with Gasteiger partial charge in [0.05, 0.1) is 0 Å². The standard InChI is InChI=1S/C28H44O/c1-3-5-6-8-23-9-15-25(16-10-23)26-17-13-24(14-18-26)21-28(29)27-19-11-22(7-4-2)12-20-27/h11-12,19-20,23-26H,3-10,13-18,21H2,1-2H3/t23-,24-,25-,26-. The Hall–Kier alpha value is -1.11. The number of Topliss-reactive ketones (excluding diaryl/α,β-unsaturated/α-hetero) is 1. The predicted molar refractivity (Wildman–Crippen MR) is 124 cm³/mol. The van der Waals surface area contributed by atoms with Crippen LogP contribution >= 0.6 is 0 Å². The minimum Gasteiger partial charge on any atom is -0.294 e. The van der Waals surface area contributed by atoms with Gasteiger partial charge in [-0.25, -0.2) is 0 Å². The second kappa shape index (κ2) is 11.9. The van der Waals surface area contributed by atoms with Crippen molar-refractivity contribution in [3.8, 4) is 0 Å². The monoisotopic (exact) mass is 396 g/mol. The average Bonchev–Trinajstić information content (AvgIpc) is 2.76. The number of unbranched alkanes of at least 4 members (excludes halogenated alkanes) is 2. The van der Waals surface area contributed by atoms with Crippen LogP contribution in [0.15, 0.2) is 24.3 Å². The van der Waals surface area contributed by atoms with Gasteiger partial charge in [-0.1, -0.05) is 83.1 Å². The Bertz CT molecular complexity index is 585. The zero-order valence-electron chi connectivity index (χ0n) is 19.1. The van der Waals surface area contributed by atoms with Crippen LogP contribution in [0, 0.1) is 23.7 Å². The summed E-state index contributed by atoms with van der Waals surface area (Å²) in [6.07, 6.45) is 20.0. The topological polar surface area (TPSA) is 17.1 Å². The molecule has 162 valence electrons. The van der Waals surface area contributed by atoms with Crippen LogP contribution in [0.5, 0.6) is 0 Å². The van der Waals surface area contributed by atoms with Crippen molar-refractivity contribution in [2.75, 3.05) is 0 Å². The summed E-state index contributed by atoms with van der Waals surface area (Å²) in [4.78, 5) is 12.7. The van der Waals surface area contributed by atoms with Crippen LogP contribution in [0.2, 0.25) is 0 Å².